The number of benzene rings is 2. The fourth-order valence-corrected chi connectivity index (χ4v) is 3.65. The lowest BCUT2D eigenvalue weighted by molar-refractivity contribution is 0.134. The summed E-state index contributed by atoms with van der Waals surface area (Å²) in [4.78, 5) is 22.3. The Morgan fingerprint density at radius 1 is 1.38 bits per heavy atom. The van der Waals surface area contributed by atoms with Crippen molar-refractivity contribution in [2.75, 3.05) is 31.6 Å². The molecule has 0 aliphatic carbocycles. The van der Waals surface area contributed by atoms with E-state index in [0.717, 1.165) is 0 Å². The Hall–Kier alpha value is -3.30. The molecule has 4 rings (SSSR count). The van der Waals surface area contributed by atoms with Crippen molar-refractivity contribution in [2.45, 2.75) is 25.6 Å². The van der Waals surface area contributed by atoms with Crippen molar-refractivity contribution in [3.63, 3.8) is 0 Å². The number of methoxy groups -OCH3 is 1. The number of aromatic nitrogens is 2. The zero-order valence-electron chi connectivity index (χ0n) is 17.9. The predicted molar refractivity (Wildman–Crippen MR) is 117 cm³/mol. The molecule has 168 valence electrons. The molecule has 1 amide bonds. The van der Waals surface area contributed by atoms with Gasteiger partial charge >= 0.3 is 6.09 Å². The van der Waals surface area contributed by atoms with Gasteiger partial charge in [-0.25, -0.2) is 19.2 Å². The molecule has 2 aromatic carbocycles. The molecule has 1 aliphatic heterocycles. The van der Waals surface area contributed by atoms with Gasteiger partial charge < -0.3 is 19.9 Å². The van der Waals surface area contributed by atoms with E-state index in [2.05, 4.69) is 15.3 Å². The molecule has 9 heteroatoms. The second-order valence-electron chi connectivity index (χ2n) is 7.69. The SMILES string of the molecule is COc1cnc2cccc([C@H](O)CNCC[C@@H]3CN(c4ccc(C)c(F)c4)C(=O)O3)c2n1. The van der Waals surface area contributed by atoms with Crippen LogP contribution in [0.25, 0.3) is 11.0 Å². The van der Waals surface area contributed by atoms with Crippen LogP contribution in [0.5, 0.6) is 5.88 Å². The van der Waals surface area contributed by atoms with E-state index in [4.69, 9.17) is 9.47 Å². The Kier molecular flexibility index (Phi) is 6.48. The molecule has 0 unspecified atom stereocenters. The predicted octanol–water partition coefficient (Wildman–Crippen LogP) is 3.12. The lowest BCUT2D eigenvalue weighted by Crippen LogP contribution is -2.28. The highest BCUT2D eigenvalue weighted by molar-refractivity contribution is 5.89. The van der Waals surface area contributed by atoms with Gasteiger partial charge in [-0.1, -0.05) is 18.2 Å². The molecular formula is C23H25FN4O4. The van der Waals surface area contributed by atoms with Gasteiger partial charge in [0.05, 0.1) is 42.7 Å². The molecule has 3 aromatic rings. The number of hydrogen-bond donors (Lipinski definition) is 2. The number of carbonyl (C=O) groups is 1. The summed E-state index contributed by atoms with van der Waals surface area (Å²) in [6.45, 7) is 2.85. The number of carbonyl (C=O) groups excluding carboxylic acids is 1. The van der Waals surface area contributed by atoms with Gasteiger partial charge in [0.25, 0.3) is 0 Å². The van der Waals surface area contributed by atoms with E-state index in [1.807, 2.05) is 12.1 Å². The minimum absolute atomic E-state index is 0.297. The summed E-state index contributed by atoms with van der Waals surface area (Å²) in [5.41, 5.74) is 2.92. The number of anilines is 1. The van der Waals surface area contributed by atoms with Crippen LogP contribution < -0.4 is 15.0 Å². The number of para-hydroxylation sites is 1. The van der Waals surface area contributed by atoms with Crippen molar-refractivity contribution in [3.05, 3.63) is 59.5 Å². The number of nitrogens with zero attached hydrogens (tertiary/aromatic N) is 3. The molecule has 0 bridgehead atoms. The standard InChI is InChI=1S/C23H25FN4O4/c1-14-6-7-15(10-18(14)24)28-13-16(32-23(28)30)8-9-25-11-20(29)17-4-3-5-19-22(17)27-21(31-2)12-26-19/h3-7,10,12,16,20,25,29H,8-9,11,13H2,1-2H3/t16-,20-/m1/s1. The highest BCUT2D eigenvalue weighted by Crippen LogP contribution is 2.25. The first-order valence-electron chi connectivity index (χ1n) is 10.4. The van der Waals surface area contributed by atoms with Gasteiger partial charge in [0.2, 0.25) is 5.88 Å². The average Bonchev–Trinajstić information content (AvgIpc) is 3.17. The minimum atomic E-state index is -0.793. The monoisotopic (exact) mass is 440 g/mol. The van der Waals surface area contributed by atoms with Crippen LogP contribution in [-0.2, 0) is 4.74 Å². The first kappa shape index (κ1) is 21.9. The van der Waals surface area contributed by atoms with Gasteiger partial charge in [0, 0.05) is 12.1 Å². The number of aryl methyl sites for hydroxylation is 1. The largest absolute Gasteiger partial charge is 0.480 e. The topological polar surface area (TPSA) is 96.8 Å². The molecule has 1 saturated heterocycles. The number of ether oxygens (including phenoxy) is 2. The maximum atomic E-state index is 13.8. The second kappa shape index (κ2) is 9.46. The van der Waals surface area contributed by atoms with Gasteiger partial charge in [-0.15, -0.1) is 0 Å². The van der Waals surface area contributed by atoms with Gasteiger partial charge in [0.15, 0.2) is 0 Å². The van der Waals surface area contributed by atoms with Crippen molar-refractivity contribution >= 4 is 22.8 Å². The highest BCUT2D eigenvalue weighted by atomic mass is 19.1. The lowest BCUT2D eigenvalue weighted by Gasteiger charge is -2.15. The van der Waals surface area contributed by atoms with E-state index in [0.29, 0.717) is 59.8 Å². The Balaban J connectivity index is 1.30. The summed E-state index contributed by atoms with van der Waals surface area (Å²) in [5, 5.41) is 13.8. The molecule has 0 saturated carbocycles. The second-order valence-corrected chi connectivity index (χ2v) is 7.69. The average molecular weight is 440 g/mol. The van der Waals surface area contributed by atoms with Gasteiger partial charge in [0.1, 0.15) is 11.9 Å². The van der Waals surface area contributed by atoms with E-state index < -0.39 is 12.2 Å². The maximum absolute atomic E-state index is 13.8. The number of nitrogens with one attached hydrogen (secondary N) is 1. The Morgan fingerprint density at radius 2 is 2.22 bits per heavy atom. The van der Waals surface area contributed by atoms with Crippen molar-refractivity contribution in [1.29, 1.82) is 0 Å². The smallest absolute Gasteiger partial charge is 0.414 e. The van der Waals surface area contributed by atoms with Crippen LogP contribution in [0.1, 0.15) is 23.7 Å². The third-order valence-corrected chi connectivity index (χ3v) is 5.47. The fraction of sp³-hybridized carbons (Fsp3) is 0.348. The number of aliphatic hydroxyl groups excluding tert-OH is 1. The van der Waals surface area contributed by atoms with Crippen LogP contribution in [0.15, 0.2) is 42.6 Å². The Bertz CT molecular complexity index is 1130. The number of fused-ring (bicyclic) bond motifs is 1. The van der Waals surface area contributed by atoms with E-state index in [1.54, 1.807) is 25.1 Å². The van der Waals surface area contributed by atoms with E-state index in [9.17, 15) is 14.3 Å². The van der Waals surface area contributed by atoms with E-state index in [1.165, 1.54) is 24.3 Å². The summed E-state index contributed by atoms with van der Waals surface area (Å²) in [6, 6.07) is 10.1. The zero-order chi connectivity index (χ0) is 22.7. The molecule has 32 heavy (non-hydrogen) atoms. The molecular weight excluding hydrogens is 415 g/mol. The molecule has 2 heterocycles. The third kappa shape index (κ3) is 4.63. The summed E-state index contributed by atoms with van der Waals surface area (Å²) in [5.74, 6) is 0.0244. The summed E-state index contributed by atoms with van der Waals surface area (Å²) >= 11 is 0. The first-order chi connectivity index (χ1) is 15.5. The lowest BCUT2D eigenvalue weighted by atomic mass is 10.1. The molecule has 1 aliphatic rings. The van der Waals surface area contributed by atoms with Gasteiger partial charge in [-0.3, -0.25) is 4.90 Å². The van der Waals surface area contributed by atoms with Crippen LogP contribution >= 0.6 is 0 Å². The quantitative estimate of drug-likeness (QED) is 0.520. The van der Waals surface area contributed by atoms with Crippen LogP contribution in [0.4, 0.5) is 14.9 Å². The van der Waals surface area contributed by atoms with Crippen molar-refractivity contribution < 1.29 is 23.8 Å². The zero-order valence-corrected chi connectivity index (χ0v) is 17.9. The van der Waals surface area contributed by atoms with Crippen molar-refractivity contribution in [1.82, 2.24) is 15.3 Å². The van der Waals surface area contributed by atoms with Crippen LogP contribution in [0, 0.1) is 12.7 Å². The molecule has 2 N–H and O–H groups in total. The Morgan fingerprint density at radius 3 is 3.00 bits per heavy atom. The third-order valence-electron chi connectivity index (χ3n) is 5.47. The van der Waals surface area contributed by atoms with Crippen molar-refractivity contribution in [2.24, 2.45) is 0 Å². The molecule has 8 nitrogen and oxygen atoms in total. The molecule has 1 aromatic heterocycles. The van der Waals surface area contributed by atoms with Crippen LogP contribution in [0.3, 0.4) is 0 Å². The summed E-state index contributed by atoms with van der Waals surface area (Å²) in [7, 11) is 1.52. The summed E-state index contributed by atoms with van der Waals surface area (Å²) < 4.78 is 24.4. The number of aliphatic hydroxyl groups is 1. The van der Waals surface area contributed by atoms with E-state index >= 15 is 0 Å². The van der Waals surface area contributed by atoms with E-state index in [-0.39, 0.29) is 11.9 Å². The molecule has 0 spiro atoms. The minimum Gasteiger partial charge on any atom is -0.480 e. The summed E-state index contributed by atoms with van der Waals surface area (Å²) in [6.07, 6.45) is 0.504. The van der Waals surface area contributed by atoms with Crippen molar-refractivity contribution in [3.8, 4) is 5.88 Å². The number of amides is 1. The number of hydrogen-bond acceptors (Lipinski definition) is 7. The first-order valence-corrected chi connectivity index (χ1v) is 10.4. The van der Waals surface area contributed by atoms with Gasteiger partial charge in [-0.05, 0) is 43.7 Å². The van der Waals surface area contributed by atoms with Gasteiger partial charge in [-0.2, -0.15) is 0 Å². The molecule has 2 atom stereocenters. The molecule has 0 radical (unpaired) electrons. The number of cyclic esters (lactones) is 1. The number of halogens is 1. The Labute approximate surface area is 185 Å². The highest BCUT2D eigenvalue weighted by Gasteiger charge is 2.32. The van der Waals surface area contributed by atoms with Crippen LogP contribution in [0.2, 0.25) is 0 Å². The maximum Gasteiger partial charge on any atom is 0.414 e. The van der Waals surface area contributed by atoms with Crippen LogP contribution in [-0.4, -0.2) is 54.0 Å². The normalized spacial score (nSPS) is 16.9. The molecule has 1 fully saturated rings. The fourth-order valence-electron chi connectivity index (χ4n) is 3.65. The number of rotatable bonds is 8.